The Labute approximate surface area is 116 Å². The number of rotatable bonds is 4. The van der Waals surface area contributed by atoms with Crippen molar-refractivity contribution in [2.24, 2.45) is 0 Å². The molecule has 0 spiro atoms. The highest BCUT2D eigenvalue weighted by Crippen LogP contribution is 2.22. The predicted molar refractivity (Wildman–Crippen MR) is 73.4 cm³/mol. The Hall–Kier alpha value is -1.38. The Balaban J connectivity index is 2.04. The molecule has 0 saturated carbocycles. The van der Waals surface area contributed by atoms with Crippen LogP contribution in [0.4, 0.5) is 0 Å². The van der Waals surface area contributed by atoms with Crippen molar-refractivity contribution in [3.05, 3.63) is 63.9 Å². The van der Waals surface area contributed by atoms with Gasteiger partial charge in [0.15, 0.2) is 5.78 Å². The largest absolute Gasteiger partial charge is 0.294 e. The van der Waals surface area contributed by atoms with Gasteiger partial charge in [0.1, 0.15) is 0 Å². The molecule has 0 N–H and O–H groups in total. The molecular formula is C14H11Cl2NO. The lowest BCUT2D eigenvalue weighted by molar-refractivity contribution is 0.0982. The summed E-state index contributed by atoms with van der Waals surface area (Å²) in [5.41, 5.74) is 1.41. The van der Waals surface area contributed by atoms with Gasteiger partial charge >= 0.3 is 0 Å². The van der Waals surface area contributed by atoms with Gasteiger partial charge in [-0.1, -0.05) is 29.3 Å². The van der Waals surface area contributed by atoms with Crippen LogP contribution in [0.3, 0.4) is 0 Å². The van der Waals surface area contributed by atoms with Gasteiger partial charge in [0.2, 0.25) is 0 Å². The van der Waals surface area contributed by atoms with Gasteiger partial charge in [-0.25, -0.2) is 0 Å². The Morgan fingerprint density at radius 1 is 1.17 bits per heavy atom. The molecule has 0 aliphatic heterocycles. The smallest absolute Gasteiger partial charge is 0.164 e. The monoisotopic (exact) mass is 279 g/mol. The third-order valence-electron chi connectivity index (χ3n) is 2.57. The summed E-state index contributed by atoms with van der Waals surface area (Å²) in [4.78, 5) is 16.2. The molecule has 2 aromatic rings. The summed E-state index contributed by atoms with van der Waals surface area (Å²) in [5.74, 6) is 0.00215. The summed E-state index contributed by atoms with van der Waals surface area (Å²) in [7, 11) is 0. The molecule has 0 unspecified atom stereocenters. The van der Waals surface area contributed by atoms with E-state index >= 15 is 0 Å². The number of ketones is 1. The highest BCUT2D eigenvalue weighted by molar-refractivity contribution is 6.36. The lowest BCUT2D eigenvalue weighted by Gasteiger charge is -2.04. The number of carbonyl (C=O) groups excluding carboxylic acids is 1. The summed E-state index contributed by atoms with van der Waals surface area (Å²) in [6, 6.07) is 10.6. The molecule has 0 amide bonds. The number of carbonyl (C=O) groups is 1. The maximum atomic E-state index is 12.0. The van der Waals surface area contributed by atoms with Gasteiger partial charge in [-0.05, 0) is 36.8 Å². The van der Waals surface area contributed by atoms with E-state index in [9.17, 15) is 4.79 Å². The van der Waals surface area contributed by atoms with Crippen LogP contribution < -0.4 is 0 Å². The van der Waals surface area contributed by atoms with E-state index < -0.39 is 0 Å². The van der Waals surface area contributed by atoms with Gasteiger partial charge in [0.25, 0.3) is 0 Å². The van der Waals surface area contributed by atoms with E-state index in [2.05, 4.69) is 4.98 Å². The molecule has 18 heavy (non-hydrogen) atoms. The van der Waals surface area contributed by atoms with Crippen molar-refractivity contribution in [3.63, 3.8) is 0 Å². The Kier molecular flexibility index (Phi) is 4.34. The van der Waals surface area contributed by atoms with Crippen molar-refractivity contribution < 1.29 is 4.79 Å². The number of hydrogen-bond donors (Lipinski definition) is 0. The van der Waals surface area contributed by atoms with E-state index in [0.29, 0.717) is 28.5 Å². The molecule has 92 valence electrons. The highest BCUT2D eigenvalue weighted by atomic mass is 35.5. The SMILES string of the molecule is O=C(CCc1ccccn1)c1ccc(Cl)cc1Cl. The van der Waals surface area contributed by atoms with Crippen molar-refractivity contribution in [2.75, 3.05) is 0 Å². The van der Waals surface area contributed by atoms with Crippen LogP contribution in [0.25, 0.3) is 0 Å². The van der Waals surface area contributed by atoms with Gasteiger partial charge in [0, 0.05) is 28.9 Å². The van der Waals surface area contributed by atoms with Crippen LogP contribution in [0.15, 0.2) is 42.6 Å². The fraction of sp³-hybridized carbons (Fsp3) is 0.143. The van der Waals surface area contributed by atoms with Gasteiger partial charge in [-0.15, -0.1) is 0 Å². The van der Waals surface area contributed by atoms with Crippen LogP contribution in [-0.4, -0.2) is 10.8 Å². The number of aryl methyl sites for hydroxylation is 1. The number of pyridine rings is 1. The van der Waals surface area contributed by atoms with Crippen LogP contribution in [0.5, 0.6) is 0 Å². The first kappa shape index (κ1) is 13.1. The third-order valence-corrected chi connectivity index (χ3v) is 3.11. The Morgan fingerprint density at radius 2 is 2.00 bits per heavy atom. The molecule has 0 saturated heterocycles. The zero-order chi connectivity index (χ0) is 13.0. The molecular weight excluding hydrogens is 269 g/mol. The molecule has 0 bridgehead atoms. The summed E-state index contributed by atoms with van der Waals surface area (Å²) in [5, 5.41) is 0.926. The summed E-state index contributed by atoms with van der Waals surface area (Å²) >= 11 is 11.8. The molecule has 2 nitrogen and oxygen atoms in total. The quantitative estimate of drug-likeness (QED) is 0.785. The molecule has 0 aliphatic rings. The third kappa shape index (κ3) is 3.31. The fourth-order valence-corrected chi connectivity index (χ4v) is 2.15. The fourth-order valence-electron chi connectivity index (χ4n) is 1.64. The number of hydrogen-bond acceptors (Lipinski definition) is 2. The van der Waals surface area contributed by atoms with E-state index in [1.54, 1.807) is 24.4 Å². The van der Waals surface area contributed by atoms with E-state index in [1.807, 2.05) is 18.2 Å². The second-order valence-electron chi connectivity index (χ2n) is 3.87. The number of aromatic nitrogens is 1. The van der Waals surface area contributed by atoms with Crippen molar-refractivity contribution in [2.45, 2.75) is 12.8 Å². The van der Waals surface area contributed by atoms with Crippen LogP contribution >= 0.6 is 23.2 Å². The molecule has 2 rings (SSSR count). The Bertz CT molecular complexity index is 555. The molecule has 4 heteroatoms. The van der Waals surface area contributed by atoms with Crippen molar-refractivity contribution in [1.82, 2.24) is 4.98 Å². The molecule has 0 fully saturated rings. The molecule has 0 atom stereocenters. The average Bonchev–Trinajstić information content (AvgIpc) is 2.37. The summed E-state index contributed by atoms with van der Waals surface area (Å²) < 4.78 is 0. The number of Topliss-reactive ketones (excluding diaryl/α,β-unsaturated/α-hetero) is 1. The van der Waals surface area contributed by atoms with Crippen molar-refractivity contribution in [1.29, 1.82) is 0 Å². The average molecular weight is 280 g/mol. The van der Waals surface area contributed by atoms with Gasteiger partial charge < -0.3 is 0 Å². The zero-order valence-corrected chi connectivity index (χ0v) is 11.1. The zero-order valence-electron chi connectivity index (χ0n) is 9.57. The maximum Gasteiger partial charge on any atom is 0.164 e. The lowest BCUT2D eigenvalue weighted by Crippen LogP contribution is -2.02. The second-order valence-corrected chi connectivity index (χ2v) is 4.71. The highest BCUT2D eigenvalue weighted by Gasteiger charge is 2.10. The Morgan fingerprint density at radius 3 is 2.67 bits per heavy atom. The van der Waals surface area contributed by atoms with E-state index in [-0.39, 0.29) is 5.78 Å². The minimum absolute atomic E-state index is 0.00215. The molecule has 1 aromatic heterocycles. The standard InChI is InChI=1S/C14H11Cl2NO/c15-10-4-6-12(13(16)9-10)14(18)7-5-11-3-1-2-8-17-11/h1-4,6,8-9H,5,7H2. The summed E-state index contributed by atoms with van der Waals surface area (Å²) in [6.07, 6.45) is 2.71. The minimum atomic E-state index is 0.00215. The molecule has 1 aromatic carbocycles. The van der Waals surface area contributed by atoms with Crippen LogP contribution in [0.2, 0.25) is 10.0 Å². The minimum Gasteiger partial charge on any atom is -0.294 e. The molecule has 0 aliphatic carbocycles. The van der Waals surface area contributed by atoms with Gasteiger partial charge in [-0.3, -0.25) is 9.78 Å². The first-order valence-corrected chi connectivity index (χ1v) is 6.30. The number of halogens is 2. The lowest BCUT2D eigenvalue weighted by atomic mass is 10.1. The first-order valence-electron chi connectivity index (χ1n) is 5.55. The summed E-state index contributed by atoms with van der Waals surface area (Å²) in [6.45, 7) is 0. The predicted octanol–water partition coefficient (Wildman–Crippen LogP) is 4.20. The van der Waals surface area contributed by atoms with Gasteiger partial charge in [0.05, 0.1) is 5.02 Å². The first-order chi connectivity index (χ1) is 8.66. The molecule has 0 radical (unpaired) electrons. The van der Waals surface area contributed by atoms with Gasteiger partial charge in [-0.2, -0.15) is 0 Å². The van der Waals surface area contributed by atoms with E-state index in [4.69, 9.17) is 23.2 Å². The van der Waals surface area contributed by atoms with E-state index in [0.717, 1.165) is 5.69 Å². The van der Waals surface area contributed by atoms with Crippen LogP contribution in [-0.2, 0) is 6.42 Å². The van der Waals surface area contributed by atoms with Crippen molar-refractivity contribution >= 4 is 29.0 Å². The van der Waals surface area contributed by atoms with Crippen LogP contribution in [0, 0.1) is 0 Å². The number of benzene rings is 1. The number of nitrogens with zero attached hydrogens (tertiary/aromatic N) is 1. The van der Waals surface area contributed by atoms with Crippen molar-refractivity contribution in [3.8, 4) is 0 Å². The molecule has 1 heterocycles. The normalized spacial score (nSPS) is 10.3. The topological polar surface area (TPSA) is 30.0 Å². The second kappa shape index (κ2) is 5.98. The van der Waals surface area contributed by atoms with Crippen LogP contribution in [0.1, 0.15) is 22.5 Å². The van der Waals surface area contributed by atoms with E-state index in [1.165, 1.54) is 0 Å². The maximum absolute atomic E-state index is 12.0.